The number of fused-ring (bicyclic) bond motifs is 1. The van der Waals surface area contributed by atoms with Crippen LogP contribution in [-0.4, -0.2) is 5.11 Å². The van der Waals surface area contributed by atoms with Crippen molar-refractivity contribution >= 4 is 10.8 Å². The van der Waals surface area contributed by atoms with Crippen molar-refractivity contribution in [3.8, 4) is 0 Å². The minimum atomic E-state index is -0.909. The van der Waals surface area contributed by atoms with E-state index < -0.39 is 5.60 Å². The average molecular weight is 218 g/mol. The van der Waals surface area contributed by atoms with E-state index in [1.807, 2.05) is 19.1 Å². The normalized spacial score (nSPS) is 15.0. The Morgan fingerprint density at radius 2 is 1.75 bits per heavy atom. The lowest BCUT2D eigenvalue weighted by Crippen LogP contribution is -2.20. The average Bonchev–Trinajstić information content (AvgIpc) is 2.29. The first kappa shape index (κ1) is 11.1. The van der Waals surface area contributed by atoms with Crippen molar-refractivity contribution in [2.45, 2.75) is 25.9 Å². The molecule has 0 saturated carbocycles. The number of hydrogen-bond acceptors (Lipinski definition) is 1. The maximum atomic E-state index is 13.6. The van der Waals surface area contributed by atoms with Crippen LogP contribution in [0.15, 0.2) is 36.4 Å². The first-order chi connectivity index (χ1) is 7.56. The molecule has 0 aliphatic carbocycles. The van der Waals surface area contributed by atoms with E-state index >= 15 is 0 Å². The fourth-order valence-electron chi connectivity index (χ4n) is 1.92. The van der Waals surface area contributed by atoms with Gasteiger partial charge in [-0.15, -0.1) is 0 Å². The van der Waals surface area contributed by atoms with E-state index in [4.69, 9.17) is 0 Å². The highest BCUT2D eigenvalue weighted by Crippen LogP contribution is 2.31. The lowest BCUT2D eigenvalue weighted by Gasteiger charge is -2.23. The van der Waals surface area contributed by atoms with E-state index in [1.165, 1.54) is 6.07 Å². The molecule has 84 valence electrons. The van der Waals surface area contributed by atoms with E-state index in [0.29, 0.717) is 11.8 Å². The second-order valence-corrected chi connectivity index (χ2v) is 4.27. The van der Waals surface area contributed by atoms with Gasteiger partial charge in [-0.25, -0.2) is 4.39 Å². The molecule has 0 radical (unpaired) electrons. The van der Waals surface area contributed by atoms with Crippen LogP contribution in [-0.2, 0) is 5.60 Å². The van der Waals surface area contributed by atoms with Gasteiger partial charge < -0.3 is 5.11 Å². The Bertz CT molecular complexity index is 517. The maximum Gasteiger partial charge on any atom is 0.131 e. The molecule has 1 nitrogen and oxygen atoms in total. The Labute approximate surface area is 94.5 Å². The van der Waals surface area contributed by atoms with Gasteiger partial charge in [0, 0.05) is 5.39 Å². The van der Waals surface area contributed by atoms with Crippen LogP contribution >= 0.6 is 0 Å². The van der Waals surface area contributed by atoms with Crippen molar-refractivity contribution in [2.75, 3.05) is 0 Å². The molecule has 2 aromatic carbocycles. The largest absolute Gasteiger partial charge is 0.385 e. The number of halogens is 1. The van der Waals surface area contributed by atoms with E-state index in [-0.39, 0.29) is 5.82 Å². The standard InChI is InChI=1S/C14H15FO/c1-3-14(2,16)12-8-9-13(15)11-7-5-4-6-10(11)12/h4-9,16H,3H2,1-2H3. The molecule has 0 aliphatic heterocycles. The Morgan fingerprint density at radius 3 is 2.38 bits per heavy atom. The molecule has 0 aliphatic rings. The minimum Gasteiger partial charge on any atom is -0.385 e. The van der Waals surface area contributed by atoms with E-state index in [9.17, 15) is 9.50 Å². The smallest absolute Gasteiger partial charge is 0.131 e. The molecule has 0 bridgehead atoms. The Balaban J connectivity index is 2.77. The van der Waals surface area contributed by atoms with E-state index in [1.54, 1.807) is 25.1 Å². The molecule has 0 heterocycles. The minimum absolute atomic E-state index is 0.244. The second-order valence-electron chi connectivity index (χ2n) is 4.27. The molecule has 0 fully saturated rings. The zero-order valence-corrected chi connectivity index (χ0v) is 9.50. The molecule has 0 saturated heterocycles. The monoisotopic (exact) mass is 218 g/mol. The number of hydrogen-bond donors (Lipinski definition) is 1. The van der Waals surface area contributed by atoms with E-state index in [2.05, 4.69) is 0 Å². The number of aliphatic hydroxyl groups is 1. The van der Waals surface area contributed by atoms with Gasteiger partial charge in [0.25, 0.3) is 0 Å². The lowest BCUT2D eigenvalue weighted by molar-refractivity contribution is 0.0546. The van der Waals surface area contributed by atoms with Crippen LogP contribution in [0, 0.1) is 5.82 Å². The van der Waals surface area contributed by atoms with Crippen molar-refractivity contribution in [3.63, 3.8) is 0 Å². The molecule has 0 spiro atoms. The summed E-state index contributed by atoms with van der Waals surface area (Å²) in [6.07, 6.45) is 0.600. The summed E-state index contributed by atoms with van der Waals surface area (Å²) in [5.41, 5.74) is -0.125. The van der Waals surface area contributed by atoms with Crippen molar-refractivity contribution in [1.29, 1.82) is 0 Å². The van der Waals surface area contributed by atoms with Crippen LogP contribution in [0.5, 0.6) is 0 Å². The van der Waals surface area contributed by atoms with Crippen LogP contribution in [0.25, 0.3) is 10.8 Å². The van der Waals surface area contributed by atoms with Crippen molar-refractivity contribution < 1.29 is 9.50 Å². The summed E-state index contributed by atoms with van der Waals surface area (Å²) in [4.78, 5) is 0. The maximum absolute atomic E-state index is 13.6. The highest BCUT2D eigenvalue weighted by atomic mass is 19.1. The number of benzene rings is 2. The summed E-state index contributed by atoms with van der Waals surface area (Å²) in [6.45, 7) is 3.67. The Kier molecular flexibility index (Phi) is 2.68. The molecule has 2 heteroatoms. The molecule has 0 aromatic heterocycles. The van der Waals surface area contributed by atoms with Gasteiger partial charge in [0.05, 0.1) is 5.60 Å². The fourth-order valence-corrected chi connectivity index (χ4v) is 1.92. The summed E-state index contributed by atoms with van der Waals surface area (Å²) in [6, 6.07) is 10.3. The predicted octanol–water partition coefficient (Wildman–Crippen LogP) is 3.60. The van der Waals surface area contributed by atoms with Gasteiger partial charge in [0.15, 0.2) is 0 Å². The van der Waals surface area contributed by atoms with Gasteiger partial charge in [-0.1, -0.05) is 37.3 Å². The summed E-state index contributed by atoms with van der Waals surface area (Å²) in [5, 5.41) is 11.6. The molecule has 1 N–H and O–H groups in total. The molecule has 0 amide bonds. The third-order valence-electron chi connectivity index (χ3n) is 3.14. The fraction of sp³-hybridized carbons (Fsp3) is 0.286. The molecule has 16 heavy (non-hydrogen) atoms. The highest BCUT2D eigenvalue weighted by molar-refractivity contribution is 5.87. The first-order valence-corrected chi connectivity index (χ1v) is 5.46. The van der Waals surface area contributed by atoms with Crippen LogP contribution in [0.3, 0.4) is 0 Å². The van der Waals surface area contributed by atoms with Crippen LogP contribution < -0.4 is 0 Å². The van der Waals surface area contributed by atoms with Crippen molar-refractivity contribution in [3.05, 3.63) is 47.8 Å². The zero-order valence-electron chi connectivity index (χ0n) is 9.50. The topological polar surface area (TPSA) is 20.2 Å². The summed E-state index contributed by atoms with van der Waals surface area (Å²) in [5.74, 6) is -0.244. The SMILES string of the molecule is CCC(C)(O)c1ccc(F)c2ccccc12. The molecule has 2 aromatic rings. The molecule has 1 unspecified atom stereocenters. The van der Waals surface area contributed by atoms with Gasteiger partial charge in [0.2, 0.25) is 0 Å². The second kappa shape index (κ2) is 3.87. The van der Waals surface area contributed by atoms with Gasteiger partial charge in [-0.05, 0) is 30.4 Å². The Morgan fingerprint density at radius 1 is 1.12 bits per heavy atom. The summed E-state index contributed by atoms with van der Waals surface area (Å²) >= 11 is 0. The molecule has 1 atom stereocenters. The van der Waals surface area contributed by atoms with Crippen LogP contribution in [0.4, 0.5) is 4.39 Å². The number of rotatable bonds is 2. The predicted molar refractivity (Wildman–Crippen MR) is 63.8 cm³/mol. The zero-order chi connectivity index (χ0) is 11.8. The lowest BCUT2D eigenvalue weighted by atomic mass is 9.89. The Hall–Kier alpha value is -1.41. The van der Waals surface area contributed by atoms with Gasteiger partial charge in [0.1, 0.15) is 5.82 Å². The molecular weight excluding hydrogens is 203 g/mol. The van der Waals surface area contributed by atoms with Crippen LogP contribution in [0.1, 0.15) is 25.8 Å². The highest BCUT2D eigenvalue weighted by Gasteiger charge is 2.23. The summed E-state index contributed by atoms with van der Waals surface area (Å²) < 4.78 is 13.6. The third kappa shape index (κ3) is 1.69. The quantitative estimate of drug-likeness (QED) is 0.816. The van der Waals surface area contributed by atoms with Crippen molar-refractivity contribution in [2.24, 2.45) is 0 Å². The third-order valence-corrected chi connectivity index (χ3v) is 3.14. The van der Waals surface area contributed by atoms with Gasteiger partial charge in [-0.3, -0.25) is 0 Å². The van der Waals surface area contributed by atoms with Gasteiger partial charge in [-0.2, -0.15) is 0 Å². The van der Waals surface area contributed by atoms with Crippen LogP contribution in [0.2, 0.25) is 0 Å². The van der Waals surface area contributed by atoms with Gasteiger partial charge >= 0.3 is 0 Å². The molecule has 2 rings (SSSR count). The molecular formula is C14H15FO. The van der Waals surface area contributed by atoms with E-state index in [0.717, 1.165) is 10.9 Å². The van der Waals surface area contributed by atoms with Crippen molar-refractivity contribution in [1.82, 2.24) is 0 Å². The first-order valence-electron chi connectivity index (χ1n) is 5.46. The summed E-state index contributed by atoms with van der Waals surface area (Å²) in [7, 11) is 0.